The van der Waals surface area contributed by atoms with Crippen molar-refractivity contribution in [2.24, 2.45) is 5.92 Å². The van der Waals surface area contributed by atoms with Crippen LogP contribution in [0.1, 0.15) is 36.5 Å². The van der Waals surface area contributed by atoms with Gasteiger partial charge in [-0.3, -0.25) is 4.79 Å². The summed E-state index contributed by atoms with van der Waals surface area (Å²) in [6, 6.07) is 3.87. The van der Waals surface area contributed by atoms with Gasteiger partial charge in [0.1, 0.15) is 0 Å². The number of aliphatic hydroxyl groups excluding tert-OH is 1. The number of ether oxygens (including phenoxy) is 2. The molecule has 2 aliphatic carbocycles. The van der Waals surface area contributed by atoms with Gasteiger partial charge in [-0.2, -0.15) is 0 Å². The molecule has 2 heterocycles. The zero-order valence-corrected chi connectivity index (χ0v) is 13.4. The standard InChI is InChI=1S/C18H21NO4/c1-19-8-7-18-10-4-5-11(20)17(18)23-16-12(22-2)6-3-9(13(16)18)15(21)14(10)19/h3,6,10,14-15,17,21H,4-5,7-8H2,1-2H3/t10-,14+,15+,17+,18+/m0/s1. The predicted molar refractivity (Wildman–Crippen MR) is 82.8 cm³/mol. The number of carbonyl (C=O) groups excluding carboxylic acids is 1. The highest BCUT2D eigenvalue weighted by Crippen LogP contribution is 2.64. The van der Waals surface area contributed by atoms with Crippen molar-refractivity contribution in [3.05, 3.63) is 23.3 Å². The van der Waals surface area contributed by atoms with Crippen LogP contribution < -0.4 is 9.47 Å². The Morgan fingerprint density at radius 3 is 3.04 bits per heavy atom. The van der Waals surface area contributed by atoms with Crippen molar-refractivity contribution in [3.8, 4) is 11.5 Å². The number of likely N-dealkylation sites (N-methyl/N-ethyl adjacent to an activating group) is 1. The molecule has 5 heteroatoms. The van der Waals surface area contributed by atoms with Gasteiger partial charge >= 0.3 is 0 Å². The molecule has 0 unspecified atom stereocenters. The summed E-state index contributed by atoms with van der Waals surface area (Å²) >= 11 is 0. The Morgan fingerprint density at radius 2 is 2.26 bits per heavy atom. The third-order valence-electron chi connectivity index (χ3n) is 6.64. The molecule has 5 nitrogen and oxygen atoms in total. The van der Waals surface area contributed by atoms with Crippen molar-refractivity contribution in [2.45, 2.75) is 42.9 Å². The summed E-state index contributed by atoms with van der Waals surface area (Å²) in [6.45, 7) is 0.876. The quantitative estimate of drug-likeness (QED) is 0.849. The monoisotopic (exact) mass is 315 g/mol. The fraction of sp³-hybridized carbons (Fsp3) is 0.611. The van der Waals surface area contributed by atoms with E-state index in [-0.39, 0.29) is 23.2 Å². The van der Waals surface area contributed by atoms with Crippen LogP contribution in [0.15, 0.2) is 12.1 Å². The lowest BCUT2D eigenvalue weighted by atomic mass is 9.51. The number of Topliss-reactive ketones (excluding diaryl/α,β-unsaturated/α-hetero) is 1. The number of carbonyl (C=O) groups is 1. The average Bonchev–Trinajstić information content (AvgIpc) is 2.90. The predicted octanol–water partition coefficient (Wildman–Crippen LogP) is 1.42. The Kier molecular flexibility index (Phi) is 2.57. The summed E-state index contributed by atoms with van der Waals surface area (Å²) < 4.78 is 11.7. The molecule has 1 aromatic rings. The first-order valence-electron chi connectivity index (χ1n) is 8.38. The van der Waals surface area contributed by atoms with Crippen molar-refractivity contribution in [1.29, 1.82) is 0 Å². The fourth-order valence-electron chi connectivity index (χ4n) is 5.74. The molecular formula is C18H21NO4. The molecule has 122 valence electrons. The van der Waals surface area contributed by atoms with Crippen LogP contribution in [0.4, 0.5) is 0 Å². The minimum absolute atomic E-state index is 0.0646. The highest BCUT2D eigenvalue weighted by molar-refractivity contribution is 5.89. The molecule has 1 aromatic carbocycles. The molecule has 5 rings (SSSR count). The Hall–Kier alpha value is -1.59. The SMILES string of the molecule is COc1ccc2c3c1O[C@@H]1C(=O)CC[C@H]4[C@H]([C@@H]2O)N(C)CC[C@@]314. The van der Waals surface area contributed by atoms with Crippen LogP contribution in [0.25, 0.3) is 0 Å². The smallest absolute Gasteiger partial charge is 0.174 e. The highest BCUT2D eigenvalue weighted by atomic mass is 16.5. The maximum absolute atomic E-state index is 12.6. The number of aliphatic hydroxyl groups is 1. The Morgan fingerprint density at radius 1 is 1.43 bits per heavy atom. The molecule has 0 amide bonds. The molecule has 1 saturated carbocycles. The Balaban J connectivity index is 1.84. The van der Waals surface area contributed by atoms with Crippen LogP contribution in [-0.4, -0.2) is 48.6 Å². The van der Waals surface area contributed by atoms with Crippen LogP contribution in [0.3, 0.4) is 0 Å². The molecule has 0 aromatic heterocycles. The van der Waals surface area contributed by atoms with Gasteiger partial charge in [-0.25, -0.2) is 0 Å². The minimum Gasteiger partial charge on any atom is -0.493 e. The van der Waals surface area contributed by atoms with Gasteiger partial charge in [-0.15, -0.1) is 0 Å². The first-order chi connectivity index (χ1) is 11.1. The third-order valence-corrected chi connectivity index (χ3v) is 6.64. The van der Waals surface area contributed by atoms with Crippen molar-refractivity contribution in [1.82, 2.24) is 4.90 Å². The van der Waals surface area contributed by atoms with E-state index in [1.54, 1.807) is 7.11 Å². The molecule has 23 heavy (non-hydrogen) atoms. The van der Waals surface area contributed by atoms with E-state index < -0.39 is 12.2 Å². The number of benzene rings is 1. The van der Waals surface area contributed by atoms with E-state index in [1.165, 1.54) is 0 Å². The number of rotatable bonds is 1. The van der Waals surface area contributed by atoms with Crippen LogP contribution in [0.2, 0.25) is 0 Å². The number of methoxy groups -OCH3 is 1. The van der Waals surface area contributed by atoms with Crippen LogP contribution >= 0.6 is 0 Å². The van der Waals surface area contributed by atoms with Crippen molar-refractivity contribution < 1.29 is 19.4 Å². The summed E-state index contributed by atoms with van der Waals surface area (Å²) in [4.78, 5) is 14.9. The first-order valence-corrected chi connectivity index (χ1v) is 8.38. The van der Waals surface area contributed by atoms with Crippen molar-refractivity contribution >= 4 is 5.78 Å². The van der Waals surface area contributed by atoms with E-state index in [4.69, 9.17) is 9.47 Å². The Bertz CT molecular complexity index is 717. The summed E-state index contributed by atoms with van der Waals surface area (Å²) in [5, 5.41) is 11.0. The minimum atomic E-state index is -0.534. The van der Waals surface area contributed by atoms with Crippen LogP contribution in [-0.2, 0) is 10.2 Å². The van der Waals surface area contributed by atoms with Crippen molar-refractivity contribution in [3.63, 3.8) is 0 Å². The second kappa shape index (κ2) is 4.28. The van der Waals surface area contributed by atoms with Crippen molar-refractivity contribution in [2.75, 3.05) is 20.7 Å². The summed E-state index contributed by atoms with van der Waals surface area (Å²) in [6.07, 6.45) is 1.34. The van der Waals surface area contributed by atoms with Crippen LogP contribution in [0, 0.1) is 5.92 Å². The molecule has 2 fully saturated rings. The summed E-state index contributed by atoms with van der Waals surface area (Å²) in [5.74, 6) is 1.82. The van der Waals surface area contributed by atoms with E-state index in [0.29, 0.717) is 17.9 Å². The van der Waals surface area contributed by atoms with E-state index in [9.17, 15) is 9.90 Å². The first kappa shape index (κ1) is 13.8. The number of nitrogens with zero attached hydrogens (tertiary/aromatic N) is 1. The second-order valence-electron chi connectivity index (χ2n) is 7.38. The fourth-order valence-corrected chi connectivity index (χ4v) is 5.74. The van der Waals surface area contributed by atoms with Gasteiger partial charge in [-0.05, 0) is 44.0 Å². The maximum Gasteiger partial charge on any atom is 0.174 e. The molecular weight excluding hydrogens is 294 g/mol. The summed E-state index contributed by atoms with van der Waals surface area (Å²) in [7, 11) is 3.70. The number of piperidine rings is 1. The van der Waals surface area contributed by atoms with Gasteiger partial charge in [0.2, 0.25) is 0 Å². The largest absolute Gasteiger partial charge is 0.493 e. The van der Waals surface area contributed by atoms with E-state index >= 15 is 0 Å². The van der Waals surface area contributed by atoms with E-state index in [1.807, 2.05) is 12.1 Å². The van der Waals surface area contributed by atoms with Gasteiger partial charge in [0.25, 0.3) is 0 Å². The zero-order chi connectivity index (χ0) is 15.9. The number of ketones is 1. The number of hydrogen-bond acceptors (Lipinski definition) is 5. The molecule has 4 aliphatic rings. The Labute approximate surface area is 135 Å². The molecule has 2 bridgehead atoms. The zero-order valence-electron chi connectivity index (χ0n) is 13.4. The molecule has 1 spiro atoms. The third kappa shape index (κ3) is 1.40. The number of hydrogen-bond donors (Lipinski definition) is 1. The van der Waals surface area contributed by atoms with Gasteiger partial charge in [0, 0.05) is 23.4 Å². The lowest BCUT2D eigenvalue weighted by Gasteiger charge is -2.58. The molecule has 1 N–H and O–H groups in total. The number of likely N-dealkylation sites (tertiary alicyclic amines) is 1. The average molecular weight is 315 g/mol. The topological polar surface area (TPSA) is 59.0 Å². The van der Waals surface area contributed by atoms with Gasteiger partial charge in [-0.1, -0.05) is 6.07 Å². The summed E-state index contributed by atoms with van der Waals surface area (Å²) in [5.41, 5.74) is 1.70. The molecule has 2 aliphatic heterocycles. The van der Waals surface area contributed by atoms with Gasteiger partial charge < -0.3 is 19.5 Å². The molecule has 1 saturated heterocycles. The normalized spacial score (nSPS) is 40.6. The molecule has 5 atom stereocenters. The maximum atomic E-state index is 12.6. The van der Waals surface area contributed by atoms with Gasteiger partial charge in [0.05, 0.1) is 13.2 Å². The van der Waals surface area contributed by atoms with E-state index in [2.05, 4.69) is 11.9 Å². The highest BCUT2D eigenvalue weighted by Gasteiger charge is 2.67. The lowest BCUT2D eigenvalue weighted by Crippen LogP contribution is -2.66. The lowest BCUT2D eigenvalue weighted by molar-refractivity contribution is -0.143. The van der Waals surface area contributed by atoms with Gasteiger partial charge in [0.15, 0.2) is 23.4 Å². The molecule has 0 radical (unpaired) electrons. The van der Waals surface area contributed by atoms with E-state index in [0.717, 1.165) is 30.5 Å². The second-order valence-corrected chi connectivity index (χ2v) is 7.38. The van der Waals surface area contributed by atoms with Crippen LogP contribution in [0.5, 0.6) is 11.5 Å².